The number of aryl methyl sites for hydroxylation is 1. The Labute approximate surface area is 186 Å². The van der Waals surface area contributed by atoms with Gasteiger partial charge in [0.1, 0.15) is 11.5 Å². The number of nitrogens with one attached hydrogen (secondary N) is 1. The zero-order valence-corrected chi connectivity index (χ0v) is 18.3. The van der Waals surface area contributed by atoms with Gasteiger partial charge in [0.15, 0.2) is 0 Å². The van der Waals surface area contributed by atoms with Crippen LogP contribution in [0.1, 0.15) is 58.5 Å². The third-order valence-corrected chi connectivity index (χ3v) is 6.12. The summed E-state index contributed by atoms with van der Waals surface area (Å²) in [6.45, 7) is 6.35. The third kappa shape index (κ3) is 3.30. The molecule has 0 bridgehead atoms. The lowest BCUT2D eigenvalue weighted by atomic mass is 9.93. The predicted octanol–water partition coefficient (Wildman–Crippen LogP) is 6.40. The minimum Gasteiger partial charge on any atom is -0.295 e. The van der Waals surface area contributed by atoms with Gasteiger partial charge < -0.3 is 0 Å². The highest BCUT2D eigenvalue weighted by molar-refractivity contribution is 6.11. The first-order valence-electron chi connectivity index (χ1n) is 10.8. The summed E-state index contributed by atoms with van der Waals surface area (Å²) in [5, 5.41) is 7.49. The number of aromatic amines is 1. The molecule has 0 radical (unpaired) electrons. The predicted molar refractivity (Wildman–Crippen MR) is 124 cm³/mol. The summed E-state index contributed by atoms with van der Waals surface area (Å²) in [6, 6.07) is 22.2. The number of hydrogen-bond donors (Lipinski definition) is 1. The van der Waals surface area contributed by atoms with Crippen LogP contribution in [0, 0.1) is 12.7 Å². The van der Waals surface area contributed by atoms with Gasteiger partial charge in [-0.05, 0) is 48.2 Å². The monoisotopic (exact) mass is 425 g/mol. The first-order chi connectivity index (χ1) is 15.4. The van der Waals surface area contributed by atoms with Crippen molar-refractivity contribution in [2.24, 2.45) is 0 Å². The molecule has 5 rings (SSSR count). The average molecular weight is 426 g/mol. The molecule has 1 N–H and O–H groups in total. The fourth-order valence-electron chi connectivity index (χ4n) is 4.33. The Balaban J connectivity index is 1.69. The zero-order valence-electron chi connectivity index (χ0n) is 18.3. The number of carbonyl (C=O) groups is 1. The van der Waals surface area contributed by atoms with Crippen molar-refractivity contribution >= 4 is 11.6 Å². The molecular formula is C27H24FN3O. The summed E-state index contributed by atoms with van der Waals surface area (Å²) in [5.41, 5.74) is 7.06. The molecule has 0 fully saturated rings. The molecule has 0 unspecified atom stereocenters. The zero-order chi connectivity index (χ0) is 22.4. The van der Waals surface area contributed by atoms with E-state index in [9.17, 15) is 9.18 Å². The maximum Gasteiger partial charge on any atom is 0.277 e. The van der Waals surface area contributed by atoms with Gasteiger partial charge in [-0.2, -0.15) is 5.10 Å². The van der Waals surface area contributed by atoms with Crippen molar-refractivity contribution in [3.8, 4) is 11.3 Å². The van der Waals surface area contributed by atoms with Crippen LogP contribution in [0.15, 0.2) is 72.8 Å². The van der Waals surface area contributed by atoms with Gasteiger partial charge in [0.25, 0.3) is 5.91 Å². The minimum atomic E-state index is -0.362. The van der Waals surface area contributed by atoms with Gasteiger partial charge in [-0.15, -0.1) is 0 Å². The van der Waals surface area contributed by atoms with E-state index < -0.39 is 0 Å². The summed E-state index contributed by atoms with van der Waals surface area (Å²) in [4.78, 5) is 15.2. The van der Waals surface area contributed by atoms with Crippen molar-refractivity contribution in [3.63, 3.8) is 0 Å². The van der Waals surface area contributed by atoms with Gasteiger partial charge in [-0.1, -0.05) is 67.9 Å². The summed E-state index contributed by atoms with van der Waals surface area (Å²) in [5.74, 6) is -0.0933. The third-order valence-electron chi connectivity index (χ3n) is 6.12. The van der Waals surface area contributed by atoms with Gasteiger partial charge in [-0.3, -0.25) is 14.8 Å². The van der Waals surface area contributed by atoms with E-state index in [0.717, 1.165) is 27.9 Å². The van der Waals surface area contributed by atoms with Crippen LogP contribution in [0.4, 0.5) is 10.1 Å². The molecule has 0 saturated carbocycles. The standard InChI is InChI=1S/C27H24FN3O/c1-16(2)18-8-10-20(11-9-18)26-23-24(19-6-4-17(3)5-7-19)29-30-25(23)27(32)31(26)22-14-12-21(28)13-15-22/h4-16,26H,1-3H3,(H,29,30)/t26-/m1/s1. The van der Waals surface area contributed by atoms with E-state index in [-0.39, 0.29) is 17.8 Å². The summed E-state index contributed by atoms with van der Waals surface area (Å²) in [7, 11) is 0. The number of aromatic nitrogens is 2. The van der Waals surface area contributed by atoms with Crippen molar-refractivity contribution in [1.29, 1.82) is 0 Å². The Kier molecular flexibility index (Phi) is 4.89. The average Bonchev–Trinajstić information content (AvgIpc) is 3.34. The number of carbonyl (C=O) groups excluding carboxylic acids is 1. The molecule has 0 spiro atoms. The fraction of sp³-hybridized carbons (Fsp3) is 0.185. The van der Waals surface area contributed by atoms with Crippen LogP contribution >= 0.6 is 0 Å². The Hall–Kier alpha value is -3.73. The number of rotatable bonds is 4. The second-order valence-corrected chi connectivity index (χ2v) is 8.60. The highest BCUT2D eigenvalue weighted by atomic mass is 19.1. The van der Waals surface area contributed by atoms with E-state index >= 15 is 0 Å². The van der Waals surface area contributed by atoms with Gasteiger partial charge in [0.05, 0.1) is 11.7 Å². The second kappa shape index (κ2) is 7.75. The van der Waals surface area contributed by atoms with Crippen LogP contribution in [-0.2, 0) is 0 Å². The summed E-state index contributed by atoms with van der Waals surface area (Å²) < 4.78 is 13.6. The van der Waals surface area contributed by atoms with Gasteiger partial charge in [0, 0.05) is 16.8 Å². The van der Waals surface area contributed by atoms with Crippen LogP contribution in [0.25, 0.3) is 11.3 Å². The van der Waals surface area contributed by atoms with Gasteiger partial charge >= 0.3 is 0 Å². The molecule has 1 aliphatic rings. The number of fused-ring (bicyclic) bond motifs is 1. The van der Waals surface area contributed by atoms with E-state index in [0.29, 0.717) is 17.3 Å². The first kappa shape index (κ1) is 20.2. The van der Waals surface area contributed by atoms with Crippen LogP contribution in [0.3, 0.4) is 0 Å². The van der Waals surface area contributed by atoms with E-state index in [4.69, 9.17) is 0 Å². The maximum atomic E-state index is 13.6. The quantitative estimate of drug-likeness (QED) is 0.411. The molecular weight excluding hydrogens is 401 g/mol. The van der Waals surface area contributed by atoms with Crippen LogP contribution in [0.2, 0.25) is 0 Å². The Bertz CT molecular complexity index is 1270. The largest absolute Gasteiger partial charge is 0.295 e. The molecule has 4 aromatic rings. The Morgan fingerprint density at radius 1 is 0.938 bits per heavy atom. The second-order valence-electron chi connectivity index (χ2n) is 8.60. The molecule has 4 nitrogen and oxygen atoms in total. The van der Waals surface area contributed by atoms with Crippen LogP contribution in [-0.4, -0.2) is 16.1 Å². The van der Waals surface area contributed by atoms with E-state index in [2.05, 4.69) is 48.3 Å². The van der Waals surface area contributed by atoms with Gasteiger partial charge in [-0.25, -0.2) is 4.39 Å². The van der Waals surface area contributed by atoms with E-state index in [1.54, 1.807) is 17.0 Å². The molecule has 0 saturated heterocycles. The van der Waals surface area contributed by atoms with Crippen molar-refractivity contribution < 1.29 is 9.18 Å². The van der Waals surface area contributed by atoms with Crippen LogP contribution < -0.4 is 4.90 Å². The van der Waals surface area contributed by atoms with Crippen molar-refractivity contribution in [2.75, 3.05) is 4.90 Å². The lowest BCUT2D eigenvalue weighted by Gasteiger charge is -2.27. The number of amides is 1. The van der Waals surface area contributed by atoms with Crippen molar-refractivity contribution in [3.05, 3.63) is 107 Å². The molecule has 3 aromatic carbocycles. The normalized spacial score (nSPS) is 15.5. The Morgan fingerprint density at radius 3 is 2.22 bits per heavy atom. The lowest BCUT2D eigenvalue weighted by molar-refractivity contribution is 0.0988. The fourth-order valence-corrected chi connectivity index (χ4v) is 4.33. The van der Waals surface area contributed by atoms with Crippen LogP contribution in [0.5, 0.6) is 0 Å². The number of nitrogens with zero attached hydrogens (tertiary/aromatic N) is 2. The molecule has 0 aliphatic carbocycles. The molecule has 1 amide bonds. The minimum absolute atomic E-state index is 0.171. The summed E-state index contributed by atoms with van der Waals surface area (Å²) in [6.07, 6.45) is 0. The number of anilines is 1. The van der Waals surface area contributed by atoms with E-state index in [1.807, 2.05) is 31.2 Å². The highest BCUT2D eigenvalue weighted by Crippen LogP contribution is 2.45. The molecule has 1 atom stereocenters. The Morgan fingerprint density at radius 2 is 1.59 bits per heavy atom. The molecule has 5 heteroatoms. The topological polar surface area (TPSA) is 49.0 Å². The van der Waals surface area contributed by atoms with E-state index in [1.165, 1.54) is 17.7 Å². The number of H-pyrrole nitrogens is 1. The lowest BCUT2D eigenvalue weighted by Crippen LogP contribution is -2.29. The number of benzene rings is 3. The van der Waals surface area contributed by atoms with Gasteiger partial charge in [0.2, 0.25) is 0 Å². The highest BCUT2D eigenvalue weighted by Gasteiger charge is 2.43. The molecule has 1 aromatic heterocycles. The maximum absolute atomic E-state index is 13.6. The SMILES string of the molecule is Cc1ccc(-c2n[nH]c3c2[C@@H](c2ccc(C(C)C)cc2)N(c2ccc(F)cc2)C3=O)cc1. The molecule has 32 heavy (non-hydrogen) atoms. The molecule has 1 aliphatic heterocycles. The molecule has 160 valence electrons. The number of hydrogen-bond acceptors (Lipinski definition) is 2. The smallest absolute Gasteiger partial charge is 0.277 e. The molecule has 2 heterocycles. The number of halogens is 1. The van der Waals surface area contributed by atoms with Crippen molar-refractivity contribution in [2.45, 2.75) is 32.7 Å². The summed E-state index contributed by atoms with van der Waals surface area (Å²) >= 11 is 0. The first-order valence-corrected chi connectivity index (χ1v) is 10.8. The van der Waals surface area contributed by atoms with Crippen molar-refractivity contribution in [1.82, 2.24) is 10.2 Å².